The highest BCUT2D eigenvalue weighted by Gasteiger charge is 2.48. The lowest BCUT2D eigenvalue weighted by Gasteiger charge is -2.16. The van der Waals surface area contributed by atoms with Crippen LogP contribution in [0.4, 0.5) is 24.5 Å². The molecule has 1 saturated carbocycles. The zero-order valence-electron chi connectivity index (χ0n) is 18.8. The number of nitrogens with zero attached hydrogens (tertiary/aromatic N) is 2. The molecule has 2 atom stereocenters. The molecule has 36 heavy (non-hydrogen) atoms. The molecule has 4 heterocycles. The molecule has 6 rings (SSSR count). The van der Waals surface area contributed by atoms with Crippen molar-refractivity contribution in [2.24, 2.45) is 0 Å². The van der Waals surface area contributed by atoms with Gasteiger partial charge in [0, 0.05) is 46.2 Å². The van der Waals surface area contributed by atoms with Crippen molar-refractivity contribution >= 4 is 39.9 Å². The summed E-state index contributed by atoms with van der Waals surface area (Å²) in [4.78, 5) is 25.1. The maximum atomic E-state index is 13.1. The Bertz CT molecular complexity index is 1530. The van der Waals surface area contributed by atoms with Gasteiger partial charge < -0.3 is 20.4 Å². The molecule has 7 nitrogen and oxygen atoms in total. The fourth-order valence-corrected chi connectivity index (χ4v) is 4.77. The lowest BCUT2D eigenvalue weighted by atomic mass is 10.0. The summed E-state index contributed by atoms with van der Waals surface area (Å²) >= 11 is 6.33. The van der Waals surface area contributed by atoms with Gasteiger partial charge in [-0.15, -0.1) is 0 Å². The molecule has 11 heteroatoms. The normalized spacial score (nSPS) is 18.4. The zero-order chi connectivity index (χ0) is 25.2. The number of fused-ring (bicyclic) bond motifs is 4. The van der Waals surface area contributed by atoms with Crippen LogP contribution in [0.1, 0.15) is 34.0 Å². The van der Waals surface area contributed by atoms with E-state index in [1.807, 2.05) is 13.0 Å². The number of alkyl halides is 3. The van der Waals surface area contributed by atoms with Gasteiger partial charge in [-0.3, -0.25) is 9.78 Å². The standard InChI is InChI=1S/C25H19ClF3N5O2/c1-11-14(26)3-2-4-15(11)31-23-19-21(13-9-17(13)32-24(19)35)34-22(23)12-7-8-30-16-5-6-18(33-20(12)16)36-10-25(27,28)29/h2-8,13,17,31,34H,9-10H2,1H3,(H,32,35). The number of hydrogen-bond acceptors (Lipinski definition) is 5. The Hall–Kier alpha value is -3.79. The van der Waals surface area contributed by atoms with Crippen LogP contribution in [0.15, 0.2) is 42.6 Å². The van der Waals surface area contributed by atoms with Gasteiger partial charge in [0.05, 0.1) is 22.5 Å². The minimum Gasteiger partial charge on any atom is -0.468 e. The summed E-state index contributed by atoms with van der Waals surface area (Å²) in [5.74, 6) is -0.210. The third kappa shape index (κ3) is 3.91. The molecule has 4 aromatic rings. The molecule has 0 radical (unpaired) electrons. The number of halogens is 4. The number of nitrogens with one attached hydrogen (secondary N) is 3. The number of H-pyrrole nitrogens is 1. The molecule has 0 saturated heterocycles. The number of aromatic amines is 1. The molecule has 1 aromatic carbocycles. The summed E-state index contributed by atoms with van der Waals surface area (Å²) in [7, 11) is 0. The summed E-state index contributed by atoms with van der Waals surface area (Å²) < 4.78 is 43.0. The number of ether oxygens (including phenoxy) is 1. The van der Waals surface area contributed by atoms with Gasteiger partial charge in [-0.25, -0.2) is 4.98 Å². The van der Waals surface area contributed by atoms with Crippen molar-refractivity contribution in [3.8, 4) is 17.1 Å². The molecule has 0 bridgehead atoms. The van der Waals surface area contributed by atoms with Crippen molar-refractivity contribution in [3.63, 3.8) is 0 Å². The number of benzene rings is 1. The fourth-order valence-electron chi connectivity index (χ4n) is 4.60. The molecule has 1 amide bonds. The van der Waals surface area contributed by atoms with Crippen LogP contribution in [-0.4, -0.2) is 39.7 Å². The highest BCUT2D eigenvalue weighted by atomic mass is 35.5. The minimum absolute atomic E-state index is 0.0898. The number of hydrogen-bond donors (Lipinski definition) is 3. The van der Waals surface area contributed by atoms with E-state index in [-0.39, 0.29) is 23.7 Å². The van der Waals surface area contributed by atoms with Gasteiger partial charge in [-0.1, -0.05) is 17.7 Å². The predicted molar refractivity (Wildman–Crippen MR) is 129 cm³/mol. The van der Waals surface area contributed by atoms with Gasteiger partial charge >= 0.3 is 6.18 Å². The Kier molecular flexibility index (Phi) is 5.11. The first-order chi connectivity index (χ1) is 17.2. The molecule has 3 N–H and O–H groups in total. The molecular weight excluding hydrogens is 495 g/mol. The predicted octanol–water partition coefficient (Wildman–Crippen LogP) is 5.87. The van der Waals surface area contributed by atoms with Crippen LogP contribution < -0.4 is 15.4 Å². The Morgan fingerprint density at radius 1 is 1.22 bits per heavy atom. The van der Waals surface area contributed by atoms with Crippen molar-refractivity contribution in [2.75, 3.05) is 11.9 Å². The van der Waals surface area contributed by atoms with Crippen molar-refractivity contribution in [3.05, 3.63) is 64.4 Å². The van der Waals surface area contributed by atoms with E-state index in [1.54, 1.807) is 30.5 Å². The fraction of sp³-hybridized carbons (Fsp3) is 0.240. The number of carbonyl (C=O) groups excluding carboxylic acids is 1. The first kappa shape index (κ1) is 22.7. The first-order valence-electron chi connectivity index (χ1n) is 11.2. The van der Waals surface area contributed by atoms with Crippen LogP contribution >= 0.6 is 11.6 Å². The van der Waals surface area contributed by atoms with Crippen molar-refractivity contribution < 1.29 is 22.7 Å². The highest BCUT2D eigenvalue weighted by Crippen LogP contribution is 2.50. The van der Waals surface area contributed by atoms with Crippen molar-refractivity contribution in [1.82, 2.24) is 20.3 Å². The molecule has 1 aliphatic heterocycles. The number of aromatic nitrogens is 3. The summed E-state index contributed by atoms with van der Waals surface area (Å²) in [6, 6.07) is 10.1. The van der Waals surface area contributed by atoms with E-state index in [9.17, 15) is 18.0 Å². The number of amides is 1. The van der Waals surface area contributed by atoms with Crippen molar-refractivity contribution in [1.29, 1.82) is 0 Å². The number of rotatable bonds is 5. The summed E-state index contributed by atoms with van der Waals surface area (Å²) in [5, 5.41) is 6.97. The Morgan fingerprint density at radius 2 is 2.06 bits per heavy atom. The monoisotopic (exact) mass is 513 g/mol. The topological polar surface area (TPSA) is 91.9 Å². The molecule has 3 aromatic heterocycles. The lowest BCUT2D eigenvalue weighted by Crippen LogP contribution is -2.31. The average Bonchev–Trinajstić information content (AvgIpc) is 3.51. The quantitative estimate of drug-likeness (QED) is 0.310. The smallest absolute Gasteiger partial charge is 0.422 e. The van der Waals surface area contributed by atoms with Gasteiger partial charge in [0.25, 0.3) is 5.91 Å². The second-order valence-corrected chi connectivity index (χ2v) is 9.31. The van der Waals surface area contributed by atoms with Gasteiger partial charge in [0.2, 0.25) is 5.88 Å². The molecular formula is C25H19ClF3N5O2. The molecule has 2 aliphatic rings. The maximum absolute atomic E-state index is 13.1. The maximum Gasteiger partial charge on any atom is 0.422 e. The third-order valence-electron chi connectivity index (χ3n) is 6.47. The summed E-state index contributed by atoms with van der Waals surface area (Å²) in [6.45, 7) is 0.413. The molecule has 1 fully saturated rings. The second-order valence-electron chi connectivity index (χ2n) is 8.90. The Morgan fingerprint density at radius 3 is 2.86 bits per heavy atom. The van der Waals surface area contributed by atoms with Crippen LogP contribution in [0.3, 0.4) is 0 Å². The zero-order valence-corrected chi connectivity index (χ0v) is 19.6. The van der Waals surface area contributed by atoms with E-state index in [1.165, 1.54) is 6.07 Å². The van der Waals surface area contributed by atoms with Crippen LogP contribution in [0.2, 0.25) is 5.02 Å². The summed E-state index contributed by atoms with van der Waals surface area (Å²) in [6.07, 6.45) is -2.07. The molecule has 2 unspecified atom stereocenters. The molecule has 0 spiro atoms. The van der Waals surface area contributed by atoms with Crippen LogP contribution in [-0.2, 0) is 0 Å². The number of anilines is 2. The van der Waals surface area contributed by atoms with Gasteiger partial charge in [0.1, 0.15) is 5.52 Å². The molecule has 184 valence electrons. The SMILES string of the molecule is Cc1c(Cl)cccc1Nc1c(-c2ccnc3ccc(OCC(F)(F)F)nc23)[nH]c2c1C(=O)NC1CC21. The third-order valence-corrected chi connectivity index (χ3v) is 6.88. The van der Waals surface area contributed by atoms with E-state index in [2.05, 4.69) is 25.6 Å². The number of pyridine rings is 2. The number of carbonyl (C=O) groups is 1. The van der Waals surface area contributed by atoms with E-state index in [4.69, 9.17) is 16.3 Å². The Balaban J connectivity index is 1.52. The Labute approximate surface area is 208 Å². The highest BCUT2D eigenvalue weighted by molar-refractivity contribution is 6.31. The van der Waals surface area contributed by atoms with Crippen LogP contribution in [0.5, 0.6) is 5.88 Å². The van der Waals surface area contributed by atoms with Crippen molar-refractivity contribution in [2.45, 2.75) is 31.5 Å². The van der Waals surface area contributed by atoms with E-state index < -0.39 is 12.8 Å². The van der Waals surface area contributed by atoms with Crippen LogP contribution in [0, 0.1) is 6.92 Å². The van der Waals surface area contributed by atoms with Crippen LogP contribution in [0.25, 0.3) is 22.3 Å². The first-order valence-corrected chi connectivity index (χ1v) is 11.6. The van der Waals surface area contributed by atoms with E-state index in [0.29, 0.717) is 38.6 Å². The summed E-state index contributed by atoms with van der Waals surface area (Å²) in [5.41, 5.74) is 5.33. The molecule has 1 aliphatic carbocycles. The van der Waals surface area contributed by atoms with Gasteiger partial charge in [-0.2, -0.15) is 13.2 Å². The van der Waals surface area contributed by atoms with Gasteiger partial charge in [0.15, 0.2) is 6.61 Å². The lowest BCUT2D eigenvalue weighted by molar-refractivity contribution is -0.154. The average molecular weight is 514 g/mol. The van der Waals surface area contributed by atoms with E-state index >= 15 is 0 Å². The largest absolute Gasteiger partial charge is 0.468 e. The van der Waals surface area contributed by atoms with E-state index in [0.717, 1.165) is 23.4 Å². The second kappa shape index (κ2) is 8.12. The van der Waals surface area contributed by atoms with Gasteiger partial charge in [-0.05, 0) is 43.2 Å². The minimum atomic E-state index is -4.49.